The van der Waals surface area contributed by atoms with Crippen molar-refractivity contribution in [1.29, 1.82) is 5.26 Å². The zero-order valence-electron chi connectivity index (χ0n) is 23.9. The van der Waals surface area contributed by atoms with Gasteiger partial charge in [-0.25, -0.2) is 9.79 Å². The first-order chi connectivity index (χ1) is 21.5. The monoisotopic (exact) mass is 602 g/mol. The van der Waals surface area contributed by atoms with E-state index in [1.165, 1.54) is 11.3 Å². The number of carbonyl (C=O) groups excluding carboxylic acids is 1. The number of allylic oxidation sites excluding steroid dienone is 1. The molecule has 0 N–H and O–H groups in total. The number of esters is 1. The number of fused-ring (bicyclic) bond motifs is 3. The van der Waals surface area contributed by atoms with Crippen LogP contribution in [0.2, 0.25) is 0 Å². The second-order valence-electron chi connectivity index (χ2n) is 10.4. The molecule has 5 aromatic rings. The van der Waals surface area contributed by atoms with E-state index in [2.05, 4.69) is 10.6 Å². The number of thiazole rings is 1. The molecule has 44 heavy (non-hydrogen) atoms. The first kappa shape index (κ1) is 27.4. The van der Waals surface area contributed by atoms with Crippen LogP contribution in [0, 0.1) is 11.3 Å². The summed E-state index contributed by atoms with van der Waals surface area (Å²) < 4.78 is 20.7. The van der Waals surface area contributed by atoms with E-state index in [0.29, 0.717) is 49.8 Å². The zero-order chi connectivity index (χ0) is 30.4. The van der Waals surface area contributed by atoms with E-state index in [0.717, 1.165) is 22.0 Å². The summed E-state index contributed by atoms with van der Waals surface area (Å²) in [5.41, 5.74) is 4.59. The number of hydrogen-bond donors (Lipinski definition) is 0. The predicted octanol–water partition coefficient (Wildman–Crippen LogP) is 4.40. The molecule has 2 aromatic heterocycles. The number of hydrogen-bond acceptors (Lipinski definition) is 8. The van der Waals surface area contributed by atoms with Gasteiger partial charge in [0, 0.05) is 29.2 Å². The lowest BCUT2D eigenvalue weighted by atomic mass is 9.95. The second kappa shape index (κ2) is 11.0. The predicted molar refractivity (Wildman–Crippen MR) is 165 cm³/mol. The van der Waals surface area contributed by atoms with Gasteiger partial charge in [-0.15, -0.1) is 0 Å². The summed E-state index contributed by atoms with van der Waals surface area (Å²) >= 11 is 1.27. The Morgan fingerprint density at radius 1 is 1.14 bits per heavy atom. The molecule has 9 nitrogen and oxygen atoms in total. The Morgan fingerprint density at radius 3 is 2.77 bits per heavy atom. The maximum atomic E-state index is 14.2. The standard InChI is InChI=1S/C34H26N4O5S/c1-3-41-33(40)30-20(2)36-34-38(31(30)21-12-13-27-28(14-21)43-19-42-27)32(39)29(44-34)15-24-18-37(26-11-7-6-10-25(24)26)17-23-9-5-4-8-22(23)16-35/h4-15,18,31H,3,17,19H2,1-2H3/b29-15+/t31-/m1/s1. The highest BCUT2D eigenvalue weighted by Gasteiger charge is 2.34. The Bertz CT molecular complexity index is 2230. The molecule has 0 saturated carbocycles. The third-order valence-electron chi connectivity index (χ3n) is 7.81. The van der Waals surface area contributed by atoms with Crippen molar-refractivity contribution in [2.24, 2.45) is 4.99 Å². The molecule has 0 spiro atoms. The van der Waals surface area contributed by atoms with Crippen molar-refractivity contribution in [2.75, 3.05) is 13.4 Å². The van der Waals surface area contributed by atoms with Crippen LogP contribution >= 0.6 is 11.3 Å². The molecule has 0 radical (unpaired) electrons. The van der Waals surface area contributed by atoms with Crippen molar-refractivity contribution in [3.8, 4) is 17.6 Å². The average Bonchev–Trinajstić information content (AvgIpc) is 3.73. The Labute approximate surface area is 255 Å². The van der Waals surface area contributed by atoms with E-state index in [4.69, 9.17) is 19.2 Å². The Balaban J connectivity index is 1.39. The van der Waals surface area contributed by atoms with Crippen molar-refractivity contribution < 1.29 is 19.0 Å². The van der Waals surface area contributed by atoms with Crippen molar-refractivity contribution >= 4 is 34.3 Å². The summed E-state index contributed by atoms with van der Waals surface area (Å²) in [7, 11) is 0. The summed E-state index contributed by atoms with van der Waals surface area (Å²) in [4.78, 5) is 32.6. The molecule has 1 atom stereocenters. The van der Waals surface area contributed by atoms with Crippen molar-refractivity contribution in [1.82, 2.24) is 9.13 Å². The maximum Gasteiger partial charge on any atom is 0.338 e. The van der Waals surface area contributed by atoms with Gasteiger partial charge in [0.05, 0.1) is 40.1 Å². The summed E-state index contributed by atoms with van der Waals surface area (Å²) in [6.07, 6.45) is 3.88. The maximum absolute atomic E-state index is 14.2. The molecule has 7 rings (SSSR count). The highest BCUT2D eigenvalue weighted by molar-refractivity contribution is 7.07. The zero-order valence-corrected chi connectivity index (χ0v) is 24.8. The van der Waals surface area contributed by atoms with Crippen LogP contribution in [0.4, 0.5) is 0 Å². The minimum atomic E-state index is -0.759. The van der Waals surface area contributed by atoms with Crippen LogP contribution in [0.15, 0.2) is 94.0 Å². The Hall–Kier alpha value is -5.40. The lowest BCUT2D eigenvalue weighted by molar-refractivity contribution is -0.139. The molecule has 10 heteroatoms. The smallest absolute Gasteiger partial charge is 0.338 e. The van der Waals surface area contributed by atoms with Gasteiger partial charge in [-0.2, -0.15) is 5.26 Å². The van der Waals surface area contributed by atoms with E-state index < -0.39 is 12.0 Å². The minimum Gasteiger partial charge on any atom is -0.463 e. The van der Waals surface area contributed by atoms with Crippen LogP contribution in [0.1, 0.15) is 42.1 Å². The number of benzene rings is 3. The van der Waals surface area contributed by atoms with Crippen LogP contribution < -0.4 is 24.4 Å². The van der Waals surface area contributed by atoms with Gasteiger partial charge in [-0.3, -0.25) is 9.36 Å². The number of ether oxygens (including phenoxy) is 3. The van der Waals surface area contributed by atoms with E-state index in [1.54, 1.807) is 30.5 Å². The van der Waals surface area contributed by atoms with Gasteiger partial charge in [-0.1, -0.05) is 53.8 Å². The lowest BCUT2D eigenvalue weighted by Gasteiger charge is -2.24. The first-order valence-electron chi connectivity index (χ1n) is 14.1. The van der Waals surface area contributed by atoms with E-state index in [1.807, 2.05) is 66.9 Å². The van der Waals surface area contributed by atoms with Crippen molar-refractivity contribution in [3.05, 3.63) is 126 Å². The molecular weight excluding hydrogens is 576 g/mol. The molecule has 0 unspecified atom stereocenters. The van der Waals surface area contributed by atoms with Crippen LogP contribution in [0.3, 0.4) is 0 Å². The molecule has 4 heterocycles. The van der Waals surface area contributed by atoms with Crippen LogP contribution in [0.5, 0.6) is 11.5 Å². The van der Waals surface area contributed by atoms with Gasteiger partial charge in [0.1, 0.15) is 0 Å². The van der Waals surface area contributed by atoms with Gasteiger partial charge in [0.25, 0.3) is 5.56 Å². The van der Waals surface area contributed by atoms with E-state index in [-0.39, 0.29) is 19.0 Å². The number of rotatable bonds is 6. The third kappa shape index (κ3) is 4.58. The fourth-order valence-corrected chi connectivity index (χ4v) is 6.84. The third-order valence-corrected chi connectivity index (χ3v) is 8.80. The van der Waals surface area contributed by atoms with E-state index in [9.17, 15) is 14.9 Å². The number of para-hydroxylation sites is 1. The number of nitrogens with zero attached hydrogens (tertiary/aromatic N) is 4. The normalized spacial score (nSPS) is 15.7. The van der Waals surface area contributed by atoms with Crippen LogP contribution in [-0.2, 0) is 16.1 Å². The molecular formula is C34H26N4O5S. The Kier molecular flexibility index (Phi) is 6.87. The lowest BCUT2D eigenvalue weighted by Crippen LogP contribution is -2.39. The minimum absolute atomic E-state index is 0.108. The largest absolute Gasteiger partial charge is 0.463 e. The fraction of sp³-hybridized carbons (Fsp3) is 0.176. The molecule has 0 aliphatic carbocycles. The molecule has 2 aliphatic rings. The number of carbonyl (C=O) groups is 1. The summed E-state index contributed by atoms with van der Waals surface area (Å²) in [6, 6.07) is 22.4. The summed E-state index contributed by atoms with van der Waals surface area (Å²) in [5.74, 6) is 0.632. The van der Waals surface area contributed by atoms with Crippen molar-refractivity contribution in [2.45, 2.75) is 26.4 Å². The van der Waals surface area contributed by atoms with E-state index >= 15 is 0 Å². The molecule has 2 aliphatic heterocycles. The fourth-order valence-electron chi connectivity index (χ4n) is 5.80. The van der Waals surface area contributed by atoms with Gasteiger partial charge in [0.15, 0.2) is 16.3 Å². The molecule has 0 saturated heterocycles. The van der Waals surface area contributed by atoms with Gasteiger partial charge < -0.3 is 18.8 Å². The SMILES string of the molecule is CCOC(=O)C1=C(C)N=c2s/c(=C/c3cn(Cc4ccccc4C#N)c4ccccc34)c(=O)n2[C@@H]1c1ccc2c(c1)OCO2. The number of aromatic nitrogens is 2. The summed E-state index contributed by atoms with van der Waals surface area (Å²) in [6.45, 7) is 4.31. The Morgan fingerprint density at radius 2 is 1.93 bits per heavy atom. The topological polar surface area (TPSA) is 108 Å². The highest BCUT2D eigenvalue weighted by Crippen LogP contribution is 2.38. The molecule has 3 aromatic carbocycles. The molecule has 0 bridgehead atoms. The second-order valence-corrected chi connectivity index (χ2v) is 11.4. The number of nitriles is 1. The van der Waals surface area contributed by atoms with Gasteiger partial charge in [-0.05, 0) is 55.3 Å². The molecule has 0 amide bonds. The van der Waals surface area contributed by atoms with Crippen LogP contribution in [-0.4, -0.2) is 28.5 Å². The highest BCUT2D eigenvalue weighted by atomic mass is 32.1. The van der Waals surface area contributed by atoms with Gasteiger partial charge in [0.2, 0.25) is 6.79 Å². The summed E-state index contributed by atoms with van der Waals surface area (Å²) in [5, 5.41) is 10.6. The molecule has 218 valence electrons. The van der Waals surface area contributed by atoms with Crippen molar-refractivity contribution in [3.63, 3.8) is 0 Å². The quantitative estimate of drug-likeness (QED) is 0.267. The van der Waals surface area contributed by atoms with Crippen LogP contribution in [0.25, 0.3) is 17.0 Å². The molecule has 0 fully saturated rings. The van der Waals surface area contributed by atoms with Gasteiger partial charge >= 0.3 is 5.97 Å². The average molecular weight is 603 g/mol. The first-order valence-corrected chi connectivity index (χ1v) is 14.9.